The van der Waals surface area contributed by atoms with E-state index in [1.165, 1.54) is 0 Å². The fourth-order valence-corrected chi connectivity index (χ4v) is 2.75. The maximum absolute atomic E-state index is 12.5. The molecule has 1 aliphatic heterocycles. The Morgan fingerprint density at radius 2 is 1.96 bits per heavy atom. The standard InChI is InChI=1S/C18H18N2O3/c1-23-15-9-4-8-14(12-15)19-17(21)18(22)20-11-5-7-13-6-2-3-10-16(13)20/h2-4,6,8-10,12H,5,7,11H2,1H3,(H,19,21). The van der Waals surface area contributed by atoms with Crippen LogP contribution in [0.1, 0.15) is 12.0 Å². The van der Waals surface area contributed by atoms with E-state index in [0.29, 0.717) is 18.0 Å². The second-order valence-electron chi connectivity index (χ2n) is 5.38. The van der Waals surface area contributed by atoms with Crippen molar-refractivity contribution in [1.29, 1.82) is 0 Å². The van der Waals surface area contributed by atoms with E-state index in [9.17, 15) is 9.59 Å². The number of benzene rings is 2. The van der Waals surface area contributed by atoms with Crippen molar-refractivity contribution in [3.63, 3.8) is 0 Å². The maximum atomic E-state index is 12.5. The topological polar surface area (TPSA) is 58.6 Å². The van der Waals surface area contributed by atoms with E-state index in [2.05, 4.69) is 5.32 Å². The van der Waals surface area contributed by atoms with Crippen LogP contribution in [-0.4, -0.2) is 25.5 Å². The number of anilines is 2. The molecule has 23 heavy (non-hydrogen) atoms. The highest BCUT2D eigenvalue weighted by Gasteiger charge is 2.27. The molecule has 5 nitrogen and oxygen atoms in total. The van der Waals surface area contributed by atoms with Gasteiger partial charge in [-0.1, -0.05) is 24.3 Å². The van der Waals surface area contributed by atoms with Crippen LogP contribution in [-0.2, 0) is 16.0 Å². The number of methoxy groups -OCH3 is 1. The zero-order valence-corrected chi connectivity index (χ0v) is 12.9. The summed E-state index contributed by atoms with van der Waals surface area (Å²) in [6.45, 7) is 0.557. The van der Waals surface area contributed by atoms with E-state index in [0.717, 1.165) is 24.1 Å². The molecule has 2 aromatic carbocycles. The summed E-state index contributed by atoms with van der Waals surface area (Å²) in [5.74, 6) is -0.562. The summed E-state index contributed by atoms with van der Waals surface area (Å²) in [4.78, 5) is 26.3. The smallest absolute Gasteiger partial charge is 0.316 e. The summed E-state index contributed by atoms with van der Waals surface area (Å²) in [5, 5.41) is 2.63. The van der Waals surface area contributed by atoms with Gasteiger partial charge >= 0.3 is 11.8 Å². The van der Waals surface area contributed by atoms with Gasteiger partial charge in [0.15, 0.2) is 0 Å². The molecule has 3 rings (SSSR count). The number of ether oxygens (including phenoxy) is 1. The number of amides is 2. The van der Waals surface area contributed by atoms with Crippen molar-refractivity contribution in [3.05, 3.63) is 54.1 Å². The SMILES string of the molecule is COc1cccc(NC(=O)C(=O)N2CCCc3ccccc32)c1. The molecular weight excluding hydrogens is 292 g/mol. The van der Waals surface area contributed by atoms with Gasteiger partial charge in [-0.05, 0) is 36.6 Å². The third-order valence-corrected chi connectivity index (χ3v) is 3.88. The molecular formula is C18H18N2O3. The molecule has 0 radical (unpaired) electrons. The number of nitrogens with one attached hydrogen (secondary N) is 1. The summed E-state index contributed by atoms with van der Waals surface area (Å²) >= 11 is 0. The zero-order valence-electron chi connectivity index (χ0n) is 12.9. The molecule has 0 unspecified atom stereocenters. The number of carbonyl (C=O) groups excluding carboxylic acids is 2. The Morgan fingerprint density at radius 1 is 1.13 bits per heavy atom. The van der Waals surface area contributed by atoms with Crippen LogP contribution in [0.25, 0.3) is 0 Å². The fourth-order valence-electron chi connectivity index (χ4n) is 2.75. The minimum Gasteiger partial charge on any atom is -0.497 e. The lowest BCUT2D eigenvalue weighted by atomic mass is 10.0. The summed E-state index contributed by atoms with van der Waals surface area (Å²) in [5.41, 5.74) is 2.46. The quantitative estimate of drug-likeness (QED) is 0.868. The number of hydrogen-bond acceptors (Lipinski definition) is 3. The van der Waals surface area contributed by atoms with Crippen molar-refractivity contribution in [2.45, 2.75) is 12.8 Å². The van der Waals surface area contributed by atoms with E-state index < -0.39 is 11.8 Å². The minimum absolute atomic E-state index is 0.535. The van der Waals surface area contributed by atoms with Crippen molar-refractivity contribution < 1.29 is 14.3 Å². The Kier molecular flexibility index (Phi) is 4.28. The van der Waals surface area contributed by atoms with E-state index in [-0.39, 0.29) is 0 Å². The average Bonchev–Trinajstić information content (AvgIpc) is 2.60. The van der Waals surface area contributed by atoms with Gasteiger partial charge < -0.3 is 15.0 Å². The Balaban J connectivity index is 1.77. The molecule has 2 amide bonds. The van der Waals surface area contributed by atoms with Crippen LogP contribution in [0.15, 0.2) is 48.5 Å². The summed E-state index contributed by atoms with van der Waals surface area (Å²) < 4.78 is 5.11. The Morgan fingerprint density at radius 3 is 2.78 bits per heavy atom. The van der Waals surface area contributed by atoms with Gasteiger partial charge in [0.05, 0.1) is 7.11 Å². The fraction of sp³-hybridized carbons (Fsp3) is 0.222. The number of nitrogens with zero attached hydrogens (tertiary/aromatic N) is 1. The first-order valence-corrected chi connectivity index (χ1v) is 7.54. The number of fused-ring (bicyclic) bond motifs is 1. The third kappa shape index (κ3) is 3.18. The van der Waals surface area contributed by atoms with Gasteiger partial charge in [0.1, 0.15) is 5.75 Å². The van der Waals surface area contributed by atoms with E-state index in [4.69, 9.17) is 4.74 Å². The van der Waals surface area contributed by atoms with Crippen molar-refractivity contribution >= 4 is 23.2 Å². The van der Waals surface area contributed by atoms with Crippen molar-refractivity contribution in [2.24, 2.45) is 0 Å². The second kappa shape index (κ2) is 6.52. The van der Waals surface area contributed by atoms with Gasteiger partial charge in [-0.15, -0.1) is 0 Å². The molecule has 0 saturated heterocycles. The van der Waals surface area contributed by atoms with Crippen LogP contribution in [0.4, 0.5) is 11.4 Å². The van der Waals surface area contributed by atoms with Crippen LogP contribution in [0.3, 0.4) is 0 Å². The van der Waals surface area contributed by atoms with Crippen LogP contribution in [0, 0.1) is 0 Å². The first-order chi connectivity index (χ1) is 11.2. The molecule has 1 N–H and O–H groups in total. The second-order valence-corrected chi connectivity index (χ2v) is 5.38. The lowest BCUT2D eigenvalue weighted by Gasteiger charge is -2.28. The molecule has 118 valence electrons. The molecule has 5 heteroatoms. The summed E-state index contributed by atoms with van der Waals surface area (Å²) in [6, 6.07) is 14.6. The molecule has 0 bridgehead atoms. The minimum atomic E-state index is -0.644. The first kappa shape index (κ1) is 15.1. The number of para-hydroxylation sites is 1. The van der Waals surface area contributed by atoms with Gasteiger partial charge in [-0.3, -0.25) is 9.59 Å². The molecule has 0 saturated carbocycles. The number of rotatable bonds is 2. The van der Waals surface area contributed by atoms with Crippen LogP contribution in [0.5, 0.6) is 5.75 Å². The van der Waals surface area contributed by atoms with Gasteiger partial charge in [0.25, 0.3) is 0 Å². The molecule has 1 heterocycles. The van der Waals surface area contributed by atoms with E-state index >= 15 is 0 Å². The summed E-state index contributed by atoms with van der Waals surface area (Å²) in [7, 11) is 1.55. The number of hydrogen-bond donors (Lipinski definition) is 1. The van der Waals surface area contributed by atoms with Gasteiger partial charge in [0, 0.05) is 24.0 Å². The molecule has 0 aromatic heterocycles. The Hall–Kier alpha value is -2.82. The normalized spacial score (nSPS) is 13.2. The zero-order chi connectivity index (χ0) is 16.2. The highest BCUT2D eigenvalue weighted by atomic mass is 16.5. The van der Waals surface area contributed by atoms with Crippen molar-refractivity contribution in [3.8, 4) is 5.75 Å². The predicted octanol–water partition coefficient (Wildman–Crippen LogP) is 2.61. The molecule has 0 atom stereocenters. The Bertz CT molecular complexity index is 743. The largest absolute Gasteiger partial charge is 0.497 e. The number of carbonyl (C=O) groups is 2. The van der Waals surface area contributed by atoms with Crippen LogP contribution in [0.2, 0.25) is 0 Å². The lowest BCUT2D eigenvalue weighted by molar-refractivity contribution is -0.134. The molecule has 0 spiro atoms. The lowest BCUT2D eigenvalue weighted by Crippen LogP contribution is -2.42. The molecule has 0 fully saturated rings. The molecule has 1 aliphatic rings. The van der Waals surface area contributed by atoms with Crippen molar-refractivity contribution in [2.75, 3.05) is 23.9 Å². The third-order valence-electron chi connectivity index (χ3n) is 3.88. The van der Waals surface area contributed by atoms with Crippen LogP contribution < -0.4 is 15.0 Å². The highest BCUT2D eigenvalue weighted by Crippen LogP contribution is 2.27. The first-order valence-electron chi connectivity index (χ1n) is 7.54. The van der Waals surface area contributed by atoms with Gasteiger partial charge in [0.2, 0.25) is 0 Å². The Labute approximate surface area is 134 Å². The van der Waals surface area contributed by atoms with Crippen molar-refractivity contribution in [1.82, 2.24) is 0 Å². The van der Waals surface area contributed by atoms with E-state index in [1.54, 1.807) is 36.3 Å². The summed E-state index contributed by atoms with van der Waals surface area (Å²) in [6.07, 6.45) is 1.78. The van der Waals surface area contributed by atoms with E-state index in [1.807, 2.05) is 24.3 Å². The molecule has 2 aromatic rings. The van der Waals surface area contributed by atoms with Gasteiger partial charge in [-0.25, -0.2) is 0 Å². The monoisotopic (exact) mass is 310 g/mol. The highest BCUT2D eigenvalue weighted by molar-refractivity contribution is 6.44. The van der Waals surface area contributed by atoms with Gasteiger partial charge in [-0.2, -0.15) is 0 Å². The maximum Gasteiger partial charge on any atom is 0.316 e. The average molecular weight is 310 g/mol. The number of aryl methyl sites for hydroxylation is 1. The molecule has 0 aliphatic carbocycles. The van der Waals surface area contributed by atoms with Crippen LogP contribution >= 0.6 is 0 Å². The predicted molar refractivity (Wildman–Crippen MR) is 88.7 cm³/mol.